The summed E-state index contributed by atoms with van der Waals surface area (Å²) in [7, 11) is 0. The number of hydrogen-bond acceptors (Lipinski definition) is 3. The molecule has 1 saturated heterocycles. The van der Waals surface area contributed by atoms with Crippen molar-refractivity contribution >= 4 is 29.2 Å². The van der Waals surface area contributed by atoms with Crippen LogP contribution in [0.3, 0.4) is 0 Å². The Labute approximate surface area is 151 Å². The second-order valence-electron chi connectivity index (χ2n) is 5.85. The molecular formula is C17H20ClN5O2. The van der Waals surface area contributed by atoms with E-state index in [0.717, 1.165) is 5.69 Å². The molecule has 1 aromatic heterocycles. The van der Waals surface area contributed by atoms with Crippen LogP contribution in [0.25, 0.3) is 5.69 Å². The lowest BCUT2D eigenvalue weighted by Crippen LogP contribution is -2.58. The van der Waals surface area contributed by atoms with Gasteiger partial charge in [-0.2, -0.15) is 0 Å². The normalized spacial score (nSPS) is 17.7. The number of carbonyl (C=O) groups excluding carboxylic acids is 2. The average Bonchev–Trinajstić information content (AvgIpc) is 3.11. The van der Waals surface area contributed by atoms with Gasteiger partial charge in [0.05, 0.1) is 17.0 Å². The molecule has 0 unspecified atom stereocenters. The van der Waals surface area contributed by atoms with E-state index in [2.05, 4.69) is 10.3 Å². The number of hydrogen-bond donors (Lipinski definition) is 1. The molecular weight excluding hydrogens is 342 g/mol. The third kappa shape index (κ3) is 3.46. The molecule has 2 heterocycles. The van der Waals surface area contributed by atoms with Crippen LogP contribution in [0.1, 0.15) is 13.8 Å². The van der Waals surface area contributed by atoms with Crippen molar-refractivity contribution in [2.45, 2.75) is 19.9 Å². The second kappa shape index (κ2) is 7.14. The van der Waals surface area contributed by atoms with E-state index in [9.17, 15) is 9.59 Å². The van der Waals surface area contributed by atoms with Crippen LogP contribution in [0.15, 0.2) is 36.9 Å². The quantitative estimate of drug-likeness (QED) is 0.913. The number of benzene rings is 1. The van der Waals surface area contributed by atoms with Gasteiger partial charge < -0.3 is 19.7 Å². The van der Waals surface area contributed by atoms with Crippen LogP contribution < -0.4 is 5.32 Å². The second-order valence-corrected chi connectivity index (χ2v) is 6.26. The van der Waals surface area contributed by atoms with Gasteiger partial charge in [0, 0.05) is 37.7 Å². The van der Waals surface area contributed by atoms with E-state index in [-0.39, 0.29) is 11.9 Å². The summed E-state index contributed by atoms with van der Waals surface area (Å²) in [5, 5.41) is 3.31. The number of carbonyl (C=O) groups is 2. The Morgan fingerprint density at radius 3 is 2.84 bits per heavy atom. The molecule has 0 radical (unpaired) electrons. The molecule has 1 aliphatic heterocycles. The van der Waals surface area contributed by atoms with Gasteiger partial charge in [0.15, 0.2) is 0 Å². The Kier molecular flexibility index (Phi) is 4.94. The van der Waals surface area contributed by atoms with E-state index < -0.39 is 6.04 Å². The van der Waals surface area contributed by atoms with E-state index >= 15 is 0 Å². The summed E-state index contributed by atoms with van der Waals surface area (Å²) in [5.41, 5.74) is 1.36. The topological polar surface area (TPSA) is 70.5 Å². The number of imidazole rings is 1. The summed E-state index contributed by atoms with van der Waals surface area (Å²) in [6.45, 7) is 5.40. The molecule has 25 heavy (non-hydrogen) atoms. The summed E-state index contributed by atoms with van der Waals surface area (Å²) in [6, 6.07) is 4.48. The fourth-order valence-corrected chi connectivity index (χ4v) is 3.19. The third-order valence-corrected chi connectivity index (χ3v) is 4.67. The SMILES string of the molecule is CCN1CCN(C(=O)Nc2ccc(-n3ccnc3)c(Cl)c2)[C@@H](C)C1=O. The molecule has 1 aliphatic rings. The number of urea groups is 1. The van der Waals surface area contributed by atoms with Gasteiger partial charge in [-0.05, 0) is 32.0 Å². The Morgan fingerprint density at radius 2 is 2.20 bits per heavy atom. The lowest BCUT2D eigenvalue weighted by molar-refractivity contribution is -0.138. The van der Waals surface area contributed by atoms with Crippen molar-refractivity contribution in [3.63, 3.8) is 0 Å². The number of anilines is 1. The highest BCUT2D eigenvalue weighted by Gasteiger charge is 2.33. The summed E-state index contributed by atoms with van der Waals surface area (Å²) in [6.07, 6.45) is 5.11. The number of nitrogens with zero attached hydrogens (tertiary/aromatic N) is 4. The van der Waals surface area contributed by atoms with E-state index in [0.29, 0.717) is 30.3 Å². The fraction of sp³-hybridized carbons (Fsp3) is 0.353. The molecule has 1 atom stereocenters. The minimum atomic E-state index is -0.477. The minimum absolute atomic E-state index is 0.0302. The third-order valence-electron chi connectivity index (χ3n) is 4.37. The predicted molar refractivity (Wildman–Crippen MR) is 96.0 cm³/mol. The van der Waals surface area contributed by atoms with Crippen molar-refractivity contribution in [3.05, 3.63) is 41.9 Å². The standard InChI is InChI=1S/C17H20ClN5O2/c1-3-21-8-9-23(12(2)16(21)24)17(25)20-13-4-5-15(14(18)10-13)22-7-6-19-11-22/h4-7,10-12H,3,8-9H2,1-2H3,(H,20,25)/t12-/m0/s1. The first-order valence-corrected chi connectivity index (χ1v) is 8.53. The zero-order chi connectivity index (χ0) is 18.0. The van der Waals surface area contributed by atoms with Crippen molar-refractivity contribution in [2.24, 2.45) is 0 Å². The van der Waals surface area contributed by atoms with Gasteiger partial charge in [-0.15, -0.1) is 0 Å². The smallest absolute Gasteiger partial charge is 0.322 e. The van der Waals surface area contributed by atoms with E-state index in [1.165, 1.54) is 0 Å². The Hall–Kier alpha value is -2.54. The van der Waals surface area contributed by atoms with E-state index in [4.69, 9.17) is 11.6 Å². The summed E-state index contributed by atoms with van der Waals surface area (Å²) >= 11 is 6.31. The predicted octanol–water partition coefficient (Wildman–Crippen LogP) is 2.61. The molecule has 1 aromatic carbocycles. The van der Waals surface area contributed by atoms with Gasteiger partial charge in [-0.25, -0.2) is 9.78 Å². The van der Waals surface area contributed by atoms with Crippen LogP contribution in [-0.4, -0.2) is 57.0 Å². The Morgan fingerprint density at radius 1 is 1.40 bits per heavy atom. The zero-order valence-electron chi connectivity index (χ0n) is 14.1. The first kappa shape index (κ1) is 17.3. The highest BCUT2D eigenvalue weighted by molar-refractivity contribution is 6.32. The molecule has 132 valence electrons. The van der Waals surface area contributed by atoms with Crippen LogP contribution in [0, 0.1) is 0 Å². The van der Waals surface area contributed by atoms with Crippen LogP contribution >= 0.6 is 11.6 Å². The number of nitrogens with one attached hydrogen (secondary N) is 1. The summed E-state index contributed by atoms with van der Waals surface area (Å²) in [4.78, 5) is 32.1. The minimum Gasteiger partial charge on any atom is -0.339 e. The molecule has 7 nitrogen and oxygen atoms in total. The highest BCUT2D eigenvalue weighted by atomic mass is 35.5. The fourth-order valence-electron chi connectivity index (χ4n) is 2.91. The lowest BCUT2D eigenvalue weighted by atomic mass is 10.2. The molecule has 0 spiro atoms. The number of halogens is 1. The summed E-state index contributed by atoms with van der Waals surface area (Å²) < 4.78 is 1.79. The molecule has 3 rings (SSSR count). The molecule has 8 heteroatoms. The number of rotatable bonds is 3. The van der Waals surface area contributed by atoms with Crippen LogP contribution in [0.2, 0.25) is 5.02 Å². The zero-order valence-corrected chi connectivity index (χ0v) is 14.9. The molecule has 0 bridgehead atoms. The molecule has 1 N–H and O–H groups in total. The van der Waals surface area contributed by atoms with Gasteiger partial charge in [-0.3, -0.25) is 4.79 Å². The maximum absolute atomic E-state index is 12.5. The Balaban J connectivity index is 1.71. The average molecular weight is 362 g/mol. The largest absolute Gasteiger partial charge is 0.339 e. The molecule has 1 fully saturated rings. The maximum Gasteiger partial charge on any atom is 0.322 e. The van der Waals surface area contributed by atoms with Crippen molar-refractivity contribution in [1.82, 2.24) is 19.4 Å². The maximum atomic E-state index is 12.5. The summed E-state index contributed by atoms with van der Waals surface area (Å²) in [5.74, 6) is -0.0302. The molecule has 3 amide bonds. The van der Waals surface area contributed by atoms with Gasteiger partial charge >= 0.3 is 6.03 Å². The van der Waals surface area contributed by atoms with Crippen molar-refractivity contribution in [3.8, 4) is 5.69 Å². The van der Waals surface area contributed by atoms with Gasteiger partial charge in [0.25, 0.3) is 0 Å². The van der Waals surface area contributed by atoms with E-state index in [1.54, 1.807) is 52.1 Å². The van der Waals surface area contributed by atoms with Crippen LogP contribution in [0.4, 0.5) is 10.5 Å². The van der Waals surface area contributed by atoms with Gasteiger partial charge in [0.2, 0.25) is 5.91 Å². The number of piperazine rings is 1. The first-order chi connectivity index (χ1) is 12.0. The molecule has 0 saturated carbocycles. The number of amides is 3. The Bertz CT molecular complexity index is 777. The van der Waals surface area contributed by atoms with Crippen molar-refractivity contribution in [1.29, 1.82) is 0 Å². The molecule has 2 aromatic rings. The first-order valence-electron chi connectivity index (χ1n) is 8.15. The van der Waals surface area contributed by atoms with Crippen LogP contribution in [0.5, 0.6) is 0 Å². The van der Waals surface area contributed by atoms with Crippen LogP contribution in [-0.2, 0) is 4.79 Å². The highest BCUT2D eigenvalue weighted by Crippen LogP contribution is 2.24. The van der Waals surface area contributed by atoms with Gasteiger partial charge in [-0.1, -0.05) is 11.6 Å². The van der Waals surface area contributed by atoms with Gasteiger partial charge in [0.1, 0.15) is 6.04 Å². The number of likely N-dealkylation sites (N-methyl/N-ethyl adjacent to an activating group) is 1. The number of aromatic nitrogens is 2. The van der Waals surface area contributed by atoms with E-state index in [1.807, 2.05) is 13.0 Å². The van der Waals surface area contributed by atoms with Crippen molar-refractivity contribution in [2.75, 3.05) is 25.0 Å². The van der Waals surface area contributed by atoms with Crippen molar-refractivity contribution < 1.29 is 9.59 Å². The lowest BCUT2D eigenvalue weighted by Gasteiger charge is -2.38. The molecule has 0 aliphatic carbocycles. The monoisotopic (exact) mass is 361 g/mol.